The number of hydrogen-bond acceptors (Lipinski definition) is 3. The van der Waals surface area contributed by atoms with E-state index in [0.717, 1.165) is 17.8 Å². The lowest BCUT2D eigenvalue weighted by molar-refractivity contribution is 0.0947. The number of anilines is 1. The average molecular weight is 255 g/mol. The Labute approximate surface area is 107 Å². The van der Waals surface area contributed by atoms with Gasteiger partial charge in [-0.25, -0.2) is 0 Å². The highest BCUT2D eigenvalue weighted by molar-refractivity contribution is 6.30. The first kappa shape index (κ1) is 12.7. The second-order valence-corrected chi connectivity index (χ2v) is 5.06. The van der Waals surface area contributed by atoms with Gasteiger partial charge < -0.3 is 10.8 Å². The summed E-state index contributed by atoms with van der Waals surface area (Å²) in [5.41, 5.74) is 7.78. The van der Waals surface area contributed by atoms with Crippen LogP contribution in [0.3, 0.4) is 0 Å². The van der Waals surface area contributed by atoms with Crippen LogP contribution < -0.4 is 5.73 Å². The second kappa shape index (κ2) is 5.71. The van der Waals surface area contributed by atoms with E-state index in [4.69, 9.17) is 22.4 Å². The Kier molecular flexibility index (Phi) is 4.26. The fourth-order valence-corrected chi connectivity index (χ4v) is 2.38. The number of rotatable bonds is 5. The molecule has 0 amide bonds. The first-order valence-electron chi connectivity index (χ1n) is 6.09. The van der Waals surface area contributed by atoms with E-state index in [0.29, 0.717) is 17.6 Å². The van der Waals surface area contributed by atoms with E-state index in [1.165, 1.54) is 19.3 Å². The van der Waals surface area contributed by atoms with Crippen LogP contribution in [0.25, 0.3) is 0 Å². The van der Waals surface area contributed by atoms with Crippen LogP contribution in [0, 0.1) is 0 Å². The summed E-state index contributed by atoms with van der Waals surface area (Å²) in [6, 6.07) is 6.23. The maximum absolute atomic E-state index is 9.10. The van der Waals surface area contributed by atoms with Crippen molar-refractivity contribution in [1.29, 1.82) is 0 Å². The molecule has 4 heteroatoms. The lowest BCUT2D eigenvalue weighted by Gasteiger charge is -2.37. The fourth-order valence-electron chi connectivity index (χ4n) is 2.20. The summed E-state index contributed by atoms with van der Waals surface area (Å²) in [5, 5.41) is 9.77. The predicted molar refractivity (Wildman–Crippen MR) is 71.0 cm³/mol. The number of aliphatic hydroxyl groups excluding tert-OH is 1. The summed E-state index contributed by atoms with van der Waals surface area (Å²) in [5.74, 6) is 0. The molecule has 0 heterocycles. The number of nitrogens with zero attached hydrogens (tertiary/aromatic N) is 1. The average Bonchev–Trinajstić information content (AvgIpc) is 2.20. The molecular formula is C13H19ClN2O. The molecule has 17 heavy (non-hydrogen) atoms. The Hall–Kier alpha value is -0.770. The third-order valence-corrected chi connectivity index (χ3v) is 3.69. The topological polar surface area (TPSA) is 49.5 Å². The van der Waals surface area contributed by atoms with Crippen molar-refractivity contribution in [3.63, 3.8) is 0 Å². The number of halogens is 1. The van der Waals surface area contributed by atoms with E-state index < -0.39 is 0 Å². The molecule has 0 saturated heterocycles. The third kappa shape index (κ3) is 3.12. The molecule has 1 aliphatic carbocycles. The Morgan fingerprint density at radius 2 is 2.18 bits per heavy atom. The zero-order valence-electron chi connectivity index (χ0n) is 9.90. The van der Waals surface area contributed by atoms with Crippen LogP contribution in [0.2, 0.25) is 5.02 Å². The van der Waals surface area contributed by atoms with Crippen molar-refractivity contribution >= 4 is 17.3 Å². The van der Waals surface area contributed by atoms with E-state index >= 15 is 0 Å². The zero-order chi connectivity index (χ0) is 12.3. The highest BCUT2D eigenvalue weighted by Crippen LogP contribution is 2.27. The van der Waals surface area contributed by atoms with Gasteiger partial charge in [0.05, 0.1) is 6.61 Å². The maximum atomic E-state index is 9.10. The Morgan fingerprint density at radius 3 is 2.71 bits per heavy atom. The van der Waals surface area contributed by atoms with Gasteiger partial charge >= 0.3 is 0 Å². The normalized spacial score (nSPS) is 16.2. The van der Waals surface area contributed by atoms with Crippen molar-refractivity contribution in [2.75, 3.05) is 18.9 Å². The molecule has 0 spiro atoms. The number of hydrogen-bond donors (Lipinski definition) is 2. The van der Waals surface area contributed by atoms with Gasteiger partial charge in [0, 0.05) is 29.8 Å². The summed E-state index contributed by atoms with van der Waals surface area (Å²) in [4.78, 5) is 2.31. The quantitative estimate of drug-likeness (QED) is 0.793. The number of aliphatic hydroxyl groups is 1. The van der Waals surface area contributed by atoms with Crippen molar-refractivity contribution in [3.8, 4) is 0 Å². The van der Waals surface area contributed by atoms with Gasteiger partial charge in [0.1, 0.15) is 0 Å². The Balaban J connectivity index is 2.05. The molecule has 0 aromatic heterocycles. The molecule has 3 nitrogen and oxygen atoms in total. The van der Waals surface area contributed by atoms with Crippen LogP contribution >= 0.6 is 11.6 Å². The molecule has 94 valence electrons. The molecule has 1 aromatic rings. The summed E-state index contributed by atoms with van der Waals surface area (Å²) < 4.78 is 0. The molecular weight excluding hydrogens is 236 g/mol. The molecule has 0 aliphatic heterocycles. The van der Waals surface area contributed by atoms with Crippen LogP contribution in [-0.2, 0) is 6.54 Å². The SMILES string of the molecule is Nc1cc(Cl)ccc1CN(CCO)C1CCC1. The van der Waals surface area contributed by atoms with Crippen molar-refractivity contribution in [2.45, 2.75) is 31.8 Å². The van der Waals surface area contributed by atoms with Crippen LogP contribution in [0.15, 0.2) is 18.2 Å². The minimum atomic E-state index is 0.198. The molecule has 2 rings (SSSR count). The van der Waals surface area contributed by atoms with E-state index in [1.807, 2.05) is 12.1 Å². The summed E-state index contributed by atoms with van der Waals surface area (Å²) in [7, 11) is 0. The number of benzene rings is 1. The first-order valence-corrected chi connectivity index (χ1v) is 6.47. The molecule has 3 N–H and O–H groups in total. The standard InChI is InChI=1S/C13H19ClN2O/c14-11-5-4-10(13(15)8-11)9-16(6-7-17)12-2-1-3-12/h4-5,8,12,17H,1-3,6-7,9,15H2. The molecule has 1 fully saturated rings. The van der Waals surface area contributed by atoms with Crippen LogP contribution in [-0.4, -0.2) is 29.2 Å². The van der Waals surface area contributed by atoms with Crippen molar-refractivity contribution in [3.05, 3.63) is 28.8 Å². The smallest absolute Gasteiger partial charge is 0.0558 e. The van der Waals surface area contributed by atoms with Gasteiger partial charge in [-0.1, -0.05) is 24.1 Å². The van der Waals surface area contributed by atoms with Gasteiger partial charge in [0.25, 0.3) is 0 Å². The molecule has 1 aliphatic rings. The van der Waals surface area contributed by atoms with Crippen LogP contribution in [0.1, 0.15) is 24.8 Å². The van der Waals surface area contributed by atoms with Crippen LogP contribution in [0.5, 0.6) is 0 Å². The molecule has 0 bridgehead atoms. The molecule has 1 saturated carbocycles. The van der Waals surface area contributed by atoms with Gasteiger partial charge in [-0.05, 0) is 30.5 Å². The predicted octanol–water partition coefficient (Wildman–Crippen LogP) is 2.27. The minimum Gasteiger partial charge on any atom is -0.398 e. The maximum Gasteiger partial charge on any atom is 0.0558 e. The van der Waals surface area contributed by atoms with Gasteiger partial charge in [-0.2, -0.15) is 0 Å². The van der Waals surface area contributed by atoms with Crippen LogP contribution in [0.4, 0.5) is 5.69 Å². The minimum absolute atomic E-state index is 0.198. The van der Waals surface area contributed by atoms with Crippen molar-refractivity contribution < 1.29 is 5.11 Å². The molecule has 1 aromatic carbocycles. The highest BCUT2D eigenvalue weighted by Gasteiger charge is 2.24. The van der Waals surface area contributed by atoms with Gasteiger partial charge in [-0.3, -0.25) is 4.90 Å². The van der Waals surface area contributed by atoms with Gasteiger partial charge in [0.15, 0.2) is 0 Å². The number of nitrogen functional groups attached to an aromatic ring is 1. The number of nitrogens with two attached hydrogens (primary N) is 1. The van der Waals surface area contributed by atoms with Gasteiger partial charge in [-0.15, -0.1) is 0 Å². The lowest BCUT2D eigenvalue weighted by Crippen LogP contribution is -2.41. The van der Waals surface area contributed by atoms with Gasteiger partial charge in [0.2, 0.25) is 0 Å². The molecule has 0 radical (unpaired) electrons. The highest BCUT2D eigenvalue weighted by atomic mass is 35.5. The van der Waals surface area contributed by atoms with E-state index in [1.54, 1.807) is 6.07 Å². The zero-order valence-corrected chi connectivity index (χ0v) is 10.7. The second-order valence-electron chi connectivity index (χ2n) is 4.62. The third-order valence-electron chi connectivity index (χ3n) is 3.46. The monoisotopic (exact) mass is 254 g/mol. The van der Waals surface area contributed by atoms with E-state index in [2.05, 4.69) is 4.90 Å². The Morgan fingerprint density at radius 1 is 1.41 bits per heavy atom. The largest absolute Gasteiger partial charge is 0.398 e. The van der Waals surface area contributed by atoms with Crippen molar-refractivity contribution in [2.24, 2.45) is 0 Å². The Bertz CT molecular complexity index is 380. The summed E-state index contributed by atoms with van der Waals surface area (Å²) in [6.07, 6.45) is 3.75. The molecule has 0 unspecified atom stereocenters. The summed E-state index contributed by atoms with van der Waals surface area (Å²) in [6.45, 7) is 1.71. The lowest BCUT2D eigenvalue weighted by atomic mass is 9.91. The van der Waals surface area contributed by atoms with Crippen molar-refractivity contribution in [1.82, 2.24) is 4.90 Å². The summed E-state index contributed by atoms with van der Waals surface area (Å²) >= 11 is 5.88. The van der Waals surface area contributed by atoms with E-state index in [9.17, 15) is 0 Å². The molecule has 0 atom stereocenters. The first-order chi connectivity index (χ1) is 8.20. The fraction of sp³-hybridized carbons (Fsp3) is 0.538. The van der Waals surface area contributed by atoms with E-state index in [-0.39, 0.29) is 6.61 Å².